The second kappa shape index (κ2) is 41.2. The molecule has 0 aromatic heterocycles. The molecule has 580 valence electrons. The fourth-order valence-corrected chi connectivity index (χ4v) is 15.5. The van der Waals surface area contributed by atoms with E-state index in [1.54, 1.807) is 32.9 Å². The Morgan fingerprint density at radius 2 is 0.990 bits per heavy atom. The van der Waals surface area contributed by atoms with Gasteiger partial charge in [0.25, 0.3) is 0 Å². The van der Waals surface area contributed by atoms with Crippen molar-refractivity contribution in [3.8, 4) is 11.5 Å². The van der Waals surface area contributed by atoms with Crippen molar-refractivity contribution >= 4 is 104 Å². The minimum Gasteiger partial charge on any atom is -0.508 e. The third kappa shape index (κ3) is 24.9. The first kappa shape index (κ1) is 85.2. The molecule has 4 saturated heterocycles. The third-order valence-corrected chi connectivity index (χ3v) is 21.5. The van der Waals surface area contributed by atoms with Gasteiger partial charge in [-0.1, -0.05) is 114 Å². The zero-order valence-corrected chi connectivity index (χ0v) is 62.8. The number of primary amides is 1. The lowest BCUT2D eigenvalue weighted by molar-refractivity contribution is -0.147. The number of benzene rings is 2. The number of hydrogen-bond donors (Lipinski definition) is 15. The molecule has 0 spiro atoms. The number of aromatic hydroxyl groups is 2. The highest BCUT2D eigenvalue weighted by molar-refractivity contribution is 8.76. The maximum absolute atomic E-state index is 15.0. The highest BCUT2D eigenvalue weighted by Gasteiger charge is 2.46. The van der Waals surface area contributed by atoms with Gasteiger partial charge in [-0.3, -0.25) is 67.1 Å². The molecular formula is C71H108N16O16S2. The minimum atomic E-state index is -1.59. The largest absolute Gasteiger partial charge is 0.508 e. The minimum absolute atomic E-state index is 0.0638. The zero-order valence-electron chi connectivity index (χ0n) is 61.2. The predicted molar refractivity (Wildman–Crippen MR) is 393 cm³/mol. The second-order valence-corrected chi connectivity index (χ2v) is 30.8. The Hall–Kier alpha value is -8.76. The average molecular weight is 1510 g/mol. The van der Waals surface area contributed by atoms with Crippen LogP contribution in [0.3, 0.4) is 0 Å². The normalized spacial score (nSPS) is 25.1. The van der Waals surface area contributed by atoms with E-state index in [-0.39, 0.29) is 112 Å². The van der Waals surface area contributed by atoms with Crippen LogP contribution in [0, 0.1) is 17.8 Å². The van der Waals surface area contributed by atoms with Crippen molar-refractivity contribution in [3.63, 3.8) is 0 Å². The Kier molecular flexibility index (Phi) is 33.4. The Labute approximate surface area is 620 Å². The fraction of sp³-hybridized carbons (Fsp3) is 0.634. The van der Waals surface area contributed by atoms with Gasteiger partial charge in [-0.25, -0.2) is 0 Å². The van der Waals surface area contributed by atoms with E-state index in [2.05, 4.69) is 53.2 Å². The SMILES string of the molecule is CCCC[C@H](NC(=O)[C@H](CN)NC(=O)[C@@H]1CSSC[C@H](NC(C)=O)C(=O)N2CCC[C@H]2C(=O)N2CCC[C@H]2C(=O)N[C@@H](Cc2ccc(O)cc2)C(=O)N[C@@H](CC(C)C)C(=O)N2CCC[C@H]2C(=O)N[C@@H](CN)C(=O)N[C@@H](Cc2ccc(O)cc2)C(=O)N[C@@H](CC(C)C)C(=O)N1)C(=O)N[C@H](C(N)=O)[C@@H](C)CC. The summed E-state index contributed by atoms with van der Waals surface area (Å²) in [4.78, 5) is 205. The summed E-state index contributed by atoms with van der Waals surface area (Å²) in [6, 6.07) is -5.64. The number of nitrogens with zero attached hydrogens (tertiary/aromatic N) is 3. The maximum atomic E-state index is 15.0. The molecule has 105 heavy (non-hydrogen) atoms. The fourth-order valence-electron chi connectivity index (χ4n) is 13.2. The maximum Gasteiger partial charge on any atom is 0.246 e. The summed E-state index contributed by atoms with van der Waals surface area (Å²) in [7, 11) is 1.97. The molecule has 0 aliphatic carbocycles. The van der Waals surface area contributed by atoms with E-state index in [9.17, 15) is 77.3 Å². The van der Waals surface area contributed by atoms with Crippen molar-refractivity contribution in [2.75, 3.05) is 44.2 Å². The van der Waals surface area contributed by atoms with Crippen LogP contribution >= 0.6 is 21.6 Å². The lowest BCUT2D eigenvalue weighted by Crippen LogP contribution is -2.62. The molecule has 4 heterocycles. The summed E-state index contributed by atoms with van der Waals surface area (Å²) in [5.41, 5.74) is 19.0. The summed E-state index contributed by atoms with van der Waals surface area (Å²) in [5, 5.41) is 47.4. The van der Waals surface area contributed by atoms with Crippen LogP contribution in [0.5, 0.6) is 11.5 Å². The molecule has 0 radical (unpaired) electrons. The standard InChI is InChI=1S/C71H108N16O16S2/c1-9-11-15-46(60(92)84-58(59(74)91)40(7)10-2)76-64(96)51(34-72)81-66(98)53-36-104-105-37-54(75-41(8)88)70(102)87-29-14-18-57(87)71(103)86-28-13-17-56(86)67(99)79-49(33-43-21-25-45(90)26-22-43)63(95)80-50(31-39(5)6)69(101)85-27-12-16-55(85)68(100)82-52(35-73)65(97)78-48(32-42-19-23-44(89)24-20-42)62(94)77-47(30-38(3)4)61(93)83-53/h19-26,38-40,46-58,89-90H,9-18,27-37,72-73H2,1-8H3,(H2,74,91)(H,75,88)(H,76,96)(H,77,94)(H,78,97)(H,79,99)(H,80,95)(H,81,98)(H,82,100)(H,83,93)(H,84,92)/t40-,46-,47-,48-,49-,50-,51-,52-,53-,54-,55-,56-,57-,58-/m0/s1. The first-order valence-corrected chi connectivity index (χ1v) is 38.8. The van der Waals surface area contributed by atoms with Crippen molar-refractivity contribution in [2.24, 2.45) is 35.0 Å². The first-order valence-electron chi connectivity index (χ1n) is 36.3. The van der Waals surface area contributed by atoms with Crippen LogP contribution in [0.25, 0.3) is 0 Å². The molecule has 6 rings (SSSR count). The number of rotatable bonds is 23. The second-order valence-electron chi connectivity index (χ2n) is 28.3. The van der Waals surface area contributed by atoms with Crippen LogP contribution in [0.2, 0.25) is 0 Å². The van der Waals surface area contributed by atoms with Crippen molar-refractivity contribution in [2.45, 2.75) is 224 Å². The van der Waals surface area contributed by atoms with Crippen molar-refractivity contribution in [3.05, 3.63) is 59.7 Å². The molecular weight excluding hydrogens is 1400 g/mol. The zero-order chi connectivity index (χ0) is 77.4. The van der Waals surface area contributed by atoms with Crippen LogP contribution in [0.4, 0.5) is 0 Å². The Bertz CT molecular complexity index is 3390. The number of nitrogens with two attached hydrogens (primary N) is 3. The van der Waals surface area contributed by atoms with Gasteiger partial charge in [0.05, 0.1) is 0 Å². The molecule has 2 aromatic rings. The van der Waals surface area contributed by atoms with Crippen LogP contribution in [0.1, 0.15) is 144 Å². The molecule has 18 N–H and O–H groups in total. The molecule has 0 saturated carbocycles. The molecule has 4 fully saturated rings. The lowest BCUT2D eigenvalue weighted by atomic mass is 9.97. The number of amides is 14. The van der Waals surface area contributed by atoms with Gasteiger partial charge in [-0.05, 0) is 111 Å². The number of unbranched alkanes of at least 4 members (excludes halogenated alkanes) is 1. The molecule has 4 aliphatic heterocycles. The molecule has 0 unspecified atom stereocenters. The van der Waals surface area contributed by atoms with Gasteiger partial charge >= 0.3 is 0 Å². The van der Waals surface area contributed by atoms with E-state index in [0.717, 1.165) is 21.6 Å². The Morgan fingerprint density at radius 3 is 1.49 bits per heavy atom. The van der Waals surface area contributed by atoms with Crippen molar-refractivity contribution < 1.29 is 77.3 Å². The van der Waals surface area contributed by atoms with Gasteiger partial charge in [0.2, 0.25) is 82.7 Å². The number of nitrogens with one attached hydrogen (secondary N) is 10. The molecule has 14 amide bonds. The highest BCUT2D eigenvalue weighted by atomic mass is 33.1. The van der Waals surface area contributed by atoms with Crippen LogP contribution in [-0.4, -0.2) is 230 Å². The number of carbonyl (C=O) groups excluding carboxylic acids is 14. The monoisotopic (exact) mass is 1500 g/mol. The summed E-state index contributed by atoms with van der Waals surface area (Å²) in [6.07, 6.45) is 2.86. The molecule has 14 atom stereocenters. The summed E-state index contributed by atoms with van der Waals surface area (Å²) < 4.78 is 0. The predicted octanol–water partition coefficient (Wildman–Crippen LogP) is -1.15. The Morgan fingerprint density at radius 1 is 0.543 bits per heavy atom. The van der Waals surface area contributed by atoms with Gasteiger partial charge in [0.1, 0.15) is 90.0 Å². The Balaban J connectivity index is 1.40. The summed E-state index contributed by atoms with van der Waals surface area (Å²) in [5.74, 6) is -12.4. The lowest BCUT2D eigenvalue weighted by Gasteiger charge is -2.33. The van der Waals surface area contributed by atoms with E-state index in [1.165, 1.54) is 58.0 Å². The number of carbonyl (C=O) groups is 14. The molecule has 2 aromatic carbocycles. The van der Waals surface area contributed by atoms with E-state index in [1.807, 2.05) is 27.7 Å². The number of phenols is 2. The van der Waals surface area contributed by atoms with E-state index >= 15 is 0 Å². The van der Waals surface area contributed by atoms with Gasteiger partial charge in [-0.15, -0.1) is 0 Å². The van der Waals surface area contributed by atoms with Crippen molar-refractivity contribution in [1.29, 1.82) is 0 Å². The summed E-state index contributed by atoms with van der Waals surface area (Å²) >= 11 is 0. The van der Waals surface area contributed by atoms with Crippen molar-refractivity contribution in [1.82, 2.24) is 67.9 Å². The average Bonchev–Trinajstić information content (AvgIpc) is 1.68. The van der Waals surface area contributed by atoms with E-state index in [4.69, 9.17) is 17.2 Å². The third-order valence-electron chi connectivity index (χ3n) is 19.1. The summed E-state index contributed by atoms with van der Waals surface area (Å²) in [6.45, 7) is 13.0. The van der Waals surface area contributed by atoms with Crippen LogP contribution in [-0.2, 0) is 80.0 Å². The van der Waals surface area contributed by atoms with Crippen LogP contribution < -0.4 is 70.4 Å². The van der Waals surface area contributed by atoms with Crippen LogP contribution in [0.15, 0.2) is 48.5 Å². The first-order chi connectivity index (χ1) is 49.9. The topological polar surface area (TPSA) is 488 Å². The molecule has 32 nitrogen and oxygen atoms in total. The van der Waals surface area contributed by atoms with E-state index < -0.39 is 174 Å². The molecule has 4 aliphatic rings. The van der Waals surface area contributed by atoms with Gasteiger partial charge in [0, 0.05) is 64.0 Å². The van der Waals surface area contributed by atoms with Gasteiger partial charge < -0.3 is 95.3 Å². The van der Waals surface area contributed by atoms with E-state index in [0.29, 0.717) is 49.7 Å². The molecule has 34 heteroatoms. The van der Waals surface area contributed by atoms with Gasteiger partial charge in [0.15, 0.2) is 0 Å². The quantitative estimate of drug-likeness (QED) is 0.0584. The number of phenolic OH excluding ortho intramolecular Hbond substituents is 2. The smallest absolute Gasteiger partial charge is 0.246 e. The number of hydrogen-bond acceptors (Lipinski definition) is 20. The number of fused-ring (bicyclic) bond motifs is 3. The molecule has 0 bridgehead atoms. The highest BCUT2D eigenvalue weighted by Crippen LogP contribution is 2.30. The van der Waals surface area contributed by atoms with Gasteiger partial charge in [-0.2, -0.15) is 0 Å².